The molecule has 0 aromatic heterocycles. The van der Waals surface area contributed by atoms with Crippen molar-refractivity contribution in [2.24, 2.45) is 5.92 Å². The molecule has 1 N–H and O–H groups in total. The Balaban J connectivity index is 2.31. The Morgan fingerprint density at radius 3 is 2.75 bits per heavy atom. The molecule has 1 aromatic carbocycles. The van der Waals surface area contributed by atoms with E-state index in [-0.39, 0.29) is 12.5 Å². The molecule has 0 radical (unpaired) electrons. The molecule has 2 heteroatoms. The highest BCUT2D eigenvalue weighted by Crippen LogP contribution is 2.32. The van der Waals surface area contributed by atoms with Crippen LogP contribution < -0.4 is 4.90 Å². The topological polar surface area (TPSA) is 23.5 Å². The number of nitrogens with zero attached hydrogens (tertiary/aromatic N) is 1. The van der Waals surface area contributed by atoms with Crippen LogP contribution in [0.2, 0.25) is 0 Å². The third-order valence-electron chi connectivity index (χ3n) is 3.66. The summed E-state index contributed by atoms with van der Waals surface area (Å²) in [5, 5.41) is 9.44. The van der Waals surface area contributed by atoms with Gasteiger partial charge in [-0.25, -0.2) is 0 Å². The Bertz CT molecular complexity index is 373. The fourth-order valence-corrected chi connectivity index (χ4v) is 2.52. The lowest BCUT2D eigenvalue weighted by atomic mass is 9.88. The van der Waals surface area contributed by atoms with Gasteiger partial charge >= 0.3 is 0 Å². The molecule has 0 bridgehead atoms. The summed E-state index contributed by atoms with van der Waals surface area (Å²) in [5.41, 5.74) is 4.06. The lowest BCUT2D eigenvalue weighted by molar-refractivity contribution is 0.237. The molecule has 1 aromatic rings. The third kappa shape index (κ3) is 1.94. The lowest BCUT2D eigenvalue weighted by Crippen LogP contribution is -2.13. The van der Waals surface area contributed by atoms with E-state index in [2.05, 4.69) is 44.0 Å². The zero-order valence-electron chi connectivity index (χ0n) is 10.4. The number of likely N-dealkylation sites (N-methyl/N-ethyl adjacent to an activating group) is 1. The molecule has 1 aliphatic heterocycles. The molecule has 1 unspecified atom stereocenters. The Labute approximate surface area is 97.9 Å². The zero-order valence-corrected chi connectivity index (χ0v) is 10.4. The van der Waals surface area contributed by atoms with Crippen molar-refractivity contribution in [3.8, 4) is 0 Å². The highest BCUT2D eigenvalue weighted by Gasteiger charge is 2.20. The molecule has 2 rings (SSSR count). The molecule has 88 valence electrons. The van der Waals surface area contributed by atoms with Gasteiger partial charge in [-0.3, -0.25) is 0 Å². The molecule has 1 heterocycles. The van der Waals surface area contributed by atoms with Crippen LogP contribution in [0.15, 0.2) is 18.2 Å². The second-order valence-corrected chi connectivity index (χ2v) is 5.09. The van der Waals surface area contributed by atoms with E-state index in [4.69, 9.17) is 0 Å². The number of hydrogen-bond acceptors (Lipinski definition) is 2. The summed E-state index contributed by atoms with van der Waals surface area (Å²) >= 11 is 0. The fraction of sp³-hybridized carbons (Fsp3) is 0.571. The van der Waals surface area contributed by atoms with Crippen LogP contribution in [0.1, 0.15) is 30.9 Å². The molecular weight excluding hydrogens is 198 g/mol. The summed E-state index contributed by atoms with van der Waals surface area (Å²) < 4.78 is 0. The second kappa shape index (κ2) is 4.46. The second-order valence-electron chi connectivity index (χ2n) is 5.09. The number of benzene rings is 1. The van der Waals surface area contributed by atoms with Gasteiger partial charge in [-0.15, -0.1) is 0 Å². The maximum atomic E-state index is 9.44. The van der Waals surface area contributed by atoms with Crippen molar-refractivity contribution in [2.75, 3.05) is 25.1 Å². The van der Waals surface area contributed by atoms with Crippen LogP contribution in [0.4, 0.5) is 5.69 Å². The number of aliphatic hydroxyl groups excluding tert-OH is 1. The van der Waals surface area contributed by atoms with Gasteiger partial charge in [0.2, 0.25) is 0 Å². The van der Waals surface area contributed by atoms with Crippen molar-refractivity contribution in [1.29, 1.82) is 0 Å². The van der Waals surface area contributed by atoms with Gasteiger partial charge in [0, 0.05) is 25.2 Å². The highest BCUT2D eigenvalue weighted by atomic mass is 16.3. The number of rotatable bonds is 3. The number of anilines is 1. The average molecular weight is 219 g/mol. The van der Waals surface area contributed by atoms with Gasteiger partial charge in [-0.05, 0) is 29.5 Å². The van der Waals surface area contributed by atoms with E-state index >= 15 is 0 Å². The van der Waals surface area contributed by atoms with Crippen LogP contribution >= 0.6 is 0 Å². The predicted octanol–water partition coefficient (Wildman–Crippen LogP) is 2.41. The van der Waals surface area contributed by atoms with Crippen molar-refractivity contribution in [2.45, 2.75) is 26.2 Å². The molecule has 1 atom stereocenters. The average Bonchev–Trinajstić information content (AvgIpc) is 2.61. The maximum Gasteiger partial charge on any atom is 0.0502 e. The van der Waals surface area contributed by atoms with Gasteiger partial charge in [-0.2, -0.15) is 0 Å². The minimum atomic E-state index is 0.242. The summed E-state index contributed by atoms with van der Waals surface area (Å²) in [6, 6.07) is 6.64. The summed E-state index contributed by atoms with van der Waals surface area (Å²) in [4.78, 5) is 2.29. The number of aliphatic hydroxyl groups is 1. The van der Waals surface area contributed by atoms with Crippen LogP contribution in [-0.4, -0.2) is 25.3 Å². The van der Waals surface area contributed by atoms with Gasteiger partial charge in [0.1, 0.15) is 0 Å². The number of fused-ring (bicyclic) bond motifs is 1. The van der Waals surface area contributed by atoms with E-state index in [9.17, 15) is 5.11 Å². The van der Waals surface area contributed by atoms with E-state index in [0.717, 1.165) is 13.0 Å². The minimum Gasteiger partial charge on any atom is -0.396 e. The van der Waals surface area contributed by atoms with Gasteiger partial charge in [0.05, 0.1) is 6.61 Å². The molecule has 0 aliphatic carbocycles. The first-order valence-electron chi connectivity index (χ1n) is 6.08. The molecule has 0 amide bonds. The highest BCUT2D eigenvalue weighted by molar-refractivity contribution is 5.58. The van der Waals surface area contributed by atoms with E-state index in [1.165, 1.54) is 16.8 Å². The lowest BCUT2D eigenvalue weighted by Gasteiger charge is -2.20. The Morgan fingerprint density at radius 1 is 1.38 bits per heavy atom. The Morgan fingerprint density at radius 2 is 2.12 bits per heavy atom. The molecule has 16 heavy (non-hydrogen) atoms. The van der Waals surface area contributed by atoms with E-state index < -0.39 is 0 Å². The monoisotopic (exact) mass is 219 g/mol. The van der Waals surface area contributed by atoms with Gasteiger partial charge in [-0.1, -0.05) is 26.0 Å². The van der Waals surface area contributed by atoms with Crippen LogP contribution in [0, 0.1) is 5.92 Å². The molecule has 2 nitrogen and oxygen atoms in total. The Kier molecular flexibility index (Phi) is 3.20. The van der Waals surface area contributed by atoms with E-state index in [1.807, 2.05) is 0 Å². The summed E-state index contributed by atoms with van der Waals surface area (Å²) in [5.74, 6) is 0.762. The van der Waals surface area contributed by atoms with Crippen LogP contribution in [0.3, 0.4) is 0 Å². The summed E-state index contributed by atoms with van der Waals surface area (Å²) in [6.45, 7) is 5.69. The number of hydrogen-bond donors (Lipinski definition) is 1. The van der Waals surface area contributed by atoms with Crippen LogP contribution in [0.25, 0.3) is 0 Å². The molecule has 0 fully saturated rings. The van der Waals surface area contributed by atoms with Crippen molar-refractivity contribution in [1.82, 2.24) is 0 Å². The van der Waals surface area contributed by atoms with Crippen molar-refractivity contribution in [3.63, 3.8) is 0 Å². The molecular formula is C14H21NO. The summed E-state index contributed by atoms with van der Waals surface area (Å²) in [6.07, 6.45) is 1.13. The van der Waals surface area contributed by atoms with Crippen LogP contribution in [-0.2, 0) is 6.42 Å². The molecule has 1 aliphatic rings. The standard InChI is InChI=1S/C14H21NO/c1-10(2)13(9-16)11-4-5-14-12(8-11)6-7-15(14)3/h4-5,8,10,13,16H,6-7,9H2,1-3H3. The first kappa shape index (κ1) is 11.5. The third-order valence-corrected chi connectivity index (χ3v) is 3.66. The Hall–Kier alpha value is -1.02. The first-order valence-corrected chi connectivity index (χ1v) is 6.08. The van der Waals surface area contributed by atoms with Gasteiger partial charge < -0.3 is 10.0 Å². The zero-order chi connectivity index (χ0) is 11.7. The van der Waals surface area contributed by atoms with Crippen molar-refractivity contribution in [3.05, 3.63) is 29.3 Å². The SMILES string of the molecule is CC(C)C(CO)c1ccc2c(c1)CCN2C. The quantitative estimate of drug-likeness (QED) is 0.844. The fourth-order valence-electron chi connectivity index (χ4n) is 2.52. The van der Waals surface area contributed by atoms with Crippen molar-refractivity contribution >= 4 is 5.69 Å². The van der Waals surface area contributed by atoms with E-state index in [0.29, 0.717) is 5.92 Å². The van der Waals surface area contributed by atoms with E-state index in [1.54, 1.807) is 0 Å². The smallest absolute Gasteiger partial charge is 0.0502 e. The maximum absolute atomic E-state index is 9.44. The predicted molar refractivity (Wildman–Crippen MR) is 68.1 cm³/mol. The minimum absolute atomic E-state index is 0.242. The summed E-state index contributed by atoms with van der Waals surface area (Å²) in [7, 11) is 2.14. The molecule has 0 spiro atoms. The van der Waals surface area contributed by atoms with Gasteiger partial charge in [0.15, 0.2) is 0 Å². The van der Waals surface area contributed by atoms with Crippen LogP contribution in [0.5, 0.6) is 0 Å². The van der Waals surface area contributed by atoms with Crippen molar-refractivity contribution < 1.29 is 5.11 Å². The molecule has 0 saturated carbocycles. The normalized spacial score (nSPS) is 16.7. The largest absolute Gasteiger partial charge is 0.396 e. The van der Waals surface area contributed by atoms with Gasteiger partial charge in [0.25, 0.3) is 0 Å². The first-order chi connectivity index (χ1) is 7.63. The molecule has 0 saturated heterocycles.